The molecule has 0 spiro atoms. The third-order valence-corrected chi connectivity index (χ3v) is 2.16. The van der Waals surface area contributed by atoms with Gasteiger partial charge in [-0.2, -0.15) is 0 Å². The normalized spacial score (nSPS) is 11.2. The summed E-state index contributed by atoms with van der Waals surface area (Å²) in [5.41, 5.74) is 6.93. The van der Waals surface area contributed by atoms with Gasteiger partial charge >= 0.3 is 6.09 Å². The first-order valence-corrected chi connectivity index (χ1v) is 4.70. The van der Waals surface area contributed by atoms with E-state index in [0.717, 1.165) is 11.3 Å². The quantitative estimate of drug-likeness (QED) is 0.753. The number of hydrogen-bond acceptors (Lipinski definition) is 2. The first-order chi connectivity index (χ1) is 6.80. The molecule has 0 heterocycles. The number of carbonyl (C=O) groups excluding carboxylic acids is 1. The van der Waals surface area contributed by atoms with Crippen LogP contribution in [0.2, 0.25) is 0 Å². The van der Waals surface area contributed by atoms with Crippen LogP contribution in [0.25, 0.3) is 0 Å². The topological polar surface area (TPSA) is 52.3 Å². The minimum Gasteiger partial charge on any atom is -0.410 e. The van der Waals surface area contributed by atoms with Crippen molar-refractivity contribution in [3.8, 4) is 5.75 Å². The lowest BCUT2D eigenvalue weighted by molar-refractivity contribution is 0.210. The van der Waals surface area contributed by atoms with E-state index in [2.05, 4.69) is 0 Å². The van der Waals surface area contributed by atoms with E-state index >= 15 is 0 Å². The fourth-order valence-electron chi connectivity index (χ4n) is 1.22. The molecule has 0 aliphatic carbocycles. The molecule has 4 heteroatoms. The van der Waals surface area contributed by atoms with Crippen LogP contribution in [0, 0.1) is 6.92 Å². The highest BCUT2D eigenvalue weighted by Crippen LogP contribution is 2.26. The highest BCUT2D eigenvalue weighted by atomic mass is 16.5. The number of rotatable bonds is 2. The van der Waals surface area contributed by atoms with E-state index in [4.69, 9.17) is 10.5 Å². The zero-order valence-corrected chi connectivity index (χ0v) is 9.57. The van der Waals surface area contributed by atoms with Crippen molar-refractivity contribution < 1.29 is 9.53 Å². The van der Waals surface area contributed by atoms with Gasteiger partial charge in [-0.25, -0.2) is 4.79 Å². The summed E-state index contributed by atoms with van der Waals surface area (Å²) in [7, 11) is 6.12. The number of carbonyl (C=O) groups is 1. The van der Waals surface area contributed by atoms with Crippen LogP contribution in [0.4, 0.5) is 10.5 Å². The van der Waals surface area contributed by atoms with Gasteiger partial charge in [0.25, 0.3) is 0 Å². The van der Waals surface area contributed by atoms with Gasteiger partial charge in [0, 0.05) is 6.07 Å². The second kappa shape index (κ2) is 3.90. The number of amides is 1. The molecule has 0 radical (unpaired) electrons. The van der Waals surface area contributed by atoms with Crippen LogP contribution >= 0.6 is 0 Å². The lowest BCUT2D eigenvalue weighted by atomic mass is 10.2. The average Bonchev–Trinajstić information content (AvgIpc) is 2.06. The van der Waals surface area contributed by atoms with Crippen LogP contribution in [-0.4, -0.2) is 27.2 Å². The Hall–Kier alpha value is -1.55. The van der Waals surface area contributed by atoms with Crippen molar-refractivity contribution in [3.63, 3.8) is 0 Å². The number of quaternary nitrogens is 1. The van der Waals surface area contributed by atoms with Crippen LogP contribution in [0.15, 0.2) is 18.2 Å². The fourth-order valence-corrected chi connectivity index (χ4v) is 1.22. The number of nitrogens with zero attached hydrogens (tertiary/aromatic N) is 1. The van der Waals surface area contributed by atoms with Gasteiger partial charge in [-0.05, 0) is 24.6 Å². The number of ether oxygens (including phenoxy) is 1. The minimum atomic E-state index is -0.781. The van der Waals surface area contributed by atoms with Gasteiger partial charge in [0.1, 0.15) is 11.4 Å². The van der Waals surface area contributed by atoms with Crippen LogP contribution < -0.4 is 15.0 Å². The lowest BCUT2D eigenvalue weighted by Crippen LogP contribution is -2.34. The van der Waals surface area contributed by atoms with Crippen molar-refractivity contribution in [2.75, 3.05) is 21.1 Å². The van der Waals surface area contributed by atoms with E-state index in [1.165, 1.54) is 0 Å². The molecule has 0 saturated heterocycles. The van der Waals surface area contributed by atoms with Crippen molar-refractivity contribution >= 4 is 11.8 Å². The summed E-state index contributed by atoms with van der Waals surface area (Å²) in [6.45, 7) is 1.87. The SMILES string of the molecule is Cc1ccc([N+](C)(C)C)cc1OC(N)=O. The predicted octanol–water partition coefficient (Wildman–Crippen LogP) is 1.65. The molecule has 0 aromatic heterocycles. The molecule has 0 aliphatic rings. The van der Waals surface area contributed by atoms with Crippen LogP contribution in [0.5, 0.6) is 5.75 Å². The monoisotopic (exact) mass is 209 g/mol. The van der Waals surface area contributed by atoms with Gasteiger partial charge in [-0.3, -0.25) is 4.48 Å². The minimum absolute atomic E-state index is 0.521. The molecule has 0 fully saturated rings. The molecule has 0 saturated carbocycles. The number of hydrogen-bond donors (Lipinski definition) is 1. The van der Waals surface area contributed by atoms with Crippen molar-refractivity contribution in [1.82, 2.24) is 4.48 Å². The molecule has 1 aromatic carbocycles. The Labute approximate surface area is 89.8 Å². The summed E-state index contributed by atoms with van der Waals surface area (Å²) >= 11 is 0. The van der Waals surface area contributed by atoms with Crippen LogP contribution in [0.3, 0.4) is 0 Å². The van der Waals surface area contributed by atoms with Gasteiger partial charge < -0.3 is 10.5 Å². The molecule has 0 bridgehead atoms. The molecule has 1 rings (SSSR count). The van der Waals surface area contributed by atoms with Gasteiger partial charge in [-0.15, -0.1) is 0 Å². The standard InChI is InChI=1S/C11H16N2O2/c1-8-5-6-9(13(2,3)4)7-10(8)15-11(12)14/h5-7H,1-4H3,(H-,12,14)/p+1. The molecule has 0 unspecified atom stereocenters. The van der Waals surface area contributed by atoms with E-state index in [9.17, 15) is 4.79 Å². The molecule has 0 atom stereocenters. The highest BCUT2D eigenvalue weighted by molar-refractivity contribution is 5.69. The summed E-state index contributed by atoms with van der Waals surface area (Å²) in [6, 6.07) is 5.75. The predicted molar refractivity (Wildman–Crippen MR) is 61.0 cm³/mol. The van der Waals surface area contributed by atoms with E-state index < -0.39 is 6.09 Å². The second-order valence-electron chi connectivity index (χ2n) is 4.38. The maximum absolute atomic E-state index is 10.7. The zero-order chi connectivity index (χ0) is 11.6. The second-order valence-corrected chi connectivity index (χ2v) is 4.38. The summed E-state index contributed by atoms with van der Waals surface area (Å²) in [5, 5.41) is 0. The molecule has 0 aliphatic heterocycles. The Morgan fingerprint density at radius 1 is 1.33 bits per heavy atom. The van der Waals surface area contributed by atoms with Crippen molar-refractivity contribution in [2.45, 2.75) is 6.92 Å². The summed E-state index contributed by atoms with van der Waals surface area (Å²) < 4.78 is 5.57. The lowest BCUT2D eigenvalue weighted by Gasteiger charge is -2.24. The molecule has 1 amide bonds. The van der Waals surface area contributed by atoms with Crippen molar-refractivity contribution in [3.05, 3.63) is 23.8 Å². The molecule has 15 heavy (non-hydrogen) atoms. The summed E-state index contributed by atoms with van der Waals surface area (Å²) in [5.74, 6) is 0.521. The van der Waals surface area contributed by atoms with E-state index in [0.29, 0.717) is 10.2 Å². The Balaban J connectivity index is 3.11. The number of nitrogens with two attached hydrogens (primary N) is 1. The molecule has 2 N–H and O–H groups in total. The number of primary amides is 1. The third-order valence-electron chi connectivity index (χ3n) is 2.16. The zero-order valence-electron chi connectivity index (χ0n) is 9.57. The van der Waals surface area contributed by atoms with Gasteiger partial charge in [0.15, 0.2) is 0 Å². The molecular formula is C11H17N2O2+. The summed E-state index contributed by atoms with van der Waals surface area (Å²) in [6.07, 6.45) is -0.781. The Morgan fingerprint density at radius 3 is 2.40 bits per heavy atom. The van der Waals surface area contributed by atoms with Gasteiger partial charge in [0.2, 0.25) is 0 Å². The summed E-state index contributed by atoms with van der Waals surface area (Å²) in [4.78, 5) is 10.7. The third kappa shape index (κ3) is 2.95. The smallest absolute Gasteiger partial charge is 0.409 e. The number of aryl methyl sites for hydroxylation is 1. The molecule has 82 valence electrons. The van der Waals surface area contributed by atoms with E-state index in [1.807, 2.05) is 46.3 Å². The van der Waals surface area contributed by atoms with Crippen molar-refractivity contribution in [1.29, 1.82) is 0 Å². The number of benzene rings is 1. The Morgan fingerprint density at radius 2 is 1.93 bits per heavy atom. The molecule has 4 nitrogen and oxygen atoms in total. The largest absolute Gasteiger partial charge is 0.410 e. The molecule has 1 aromatic rings. The molecular weight excluding hydrogens is 192 g/mol. The van der Waals surface area contributed by atoms with Crippen LogP contribution in [0.1, 0.15) is 5.56 Å². The fraction of sp³-hybridized carbons (Fsp3) is 0.364. The average molecular weight is 209 g/mol. The maximum Gasteiger partial charge on any atom is 0.409 e. The Kier molecular flexibility index (Phi) is 3.00. The highest BCUT2D eigenvalue weighted by Gasteiger charge is 2.15. The van der Waals surface area contributed by atoms with Crippen LogP contribution in [-0.2, 0) is 0 Å². The first kappa shape index (κ1) is 11.5. The first-order valence-electron chi connectivity index (χ1n) is 4.70. The van der Waals surface area contributed by atoms with Gasteiger partial charge in [0.05, 0.1) is 21.1 Å². The van der Waals surface area contributed by atoms with Gasteiger partial charge in [-0.1, -0.05) is 0 Å². The maximum atomic E-state index is 10.7. The van der Waals surface area contributed by atoms with E-state index in [-0.39, 0.29) is 0 Å². The van der Waals surface area contributed by atoms with Crippen molar-refractivity contribution in [2.24, 2.45) is 5.73 Å². The Bertz CT molecular complexity index is 381. The van der Waals surface area contributed by atoms with E-state index in [1.54, 1.807) is 0 Å².